The lowest BCUT2D eigenvalue weighted by Crippen LogP contribution is -1.59. The van der Waals surface area contributed by atoms with Crippen LogP contribution in [0.5, 0.6) is 0 Å². The first-order chi connectivity index (χ1) is 1.91. The highest BCUT2D eigenvalue weighted by molar-refractivity contribution is 7.35. The summed E-state index contributed by atoms with van der Waals surface area (Å²) in [4.78, 5) is 0. The van der Waals surface area contributed by atoms with Crippen LogP contribution >= 0.6 is 8.35 Å². The minimum Gasteiger partial charge on any atom is -0.285 e. The van der Waals surface area contributed by atoms with Crippen molar-refractivity contribution in [3.63, 3.8) is 0 Å². The number of hydrogen-bond donors (Lipinski definition) is 1. The molecule has 0 spiro atoms. The fourth-order valence-electron chi connectivity index (χ4n) is 0. The van der Waals surface area contributed by atoms with E-state index in [1.165, 1.54) is 0 Å². The molecule has 0 heterocycles. The Kier molecular flexibility index (Phi) is 3.23. The van der Waals surface area contributed by atoms with Crippen LogP contribution < -0.4 is 5.50 Å². The topological polar surface area (TPSA) is 26.0 Å². The molecule has 0 saturated heterocycles. The lowest BCUT2D eigenvalue weighted by molar-refractivity contribution is 2.03. The molecule has 0 bridgehead atoms. The predicted octanol–water partition coefficient (Wildman–Crippen LogP) is 0.628. The maximum absolute atomic E-state index is 4.94. The zero-order valence-corrected chi connectivity index (χ0v) is 3.50. The zero-order valence-electron chi connectivity index (χ0n) is 2.60. The van der Waals surface area contributed by atoms with E-state index in [9.17, 15) is 0 Å². The summed E-state index contributed by atoms with van der Waals surface area (Å²) in [5.74, 6) is 1.88. The van der Waals surface area contributed by atoms with Gasteiger partial charge in [0.05, 0.1) is 0 Å². The molecule has 2 N–H and O–H groups in total. The first-order valence-electron chi connectivity index (χ1n) is 1.09. The van der Waals surface area contributed by atoms with E-state index in [1.54, 1.807) is 0 Å². The van der Waals surface area contributed by atoms with Crippen molar-refractivity contribution in [2.24, 2.45) is 5.50 Å². The van der Waals surface area contributed by atoms with Crippen LogP contribution in [0.15, 0.2) is 0 Å². The molecule has 0 amide bonds. The largest absolute Gasteiger partial charge is 0.285 e. The third kappa shape index (κ3) is 2.13. The van der Waals surface area contributed by atoms with Gasteiger partial charge in [-0.1, -0.05) is 0 Å². The van der Waals surface area contributed by atoms with Crippen LogP contribution in [0, 0.1) is 0 Å². The van der Waals surface area contributed by atoms with Crippen LogP contribution in [0.2, 0.25) is 0 Å². The quantitative estimate of drug-likeness (QED) is 0.420. The van der Waals surface area contributed by atoms with Crippen molar-refractivity contribution in [3.8, 4) is 0 Å². The van der Waals surface area contributed by atoms with E-state index in [1.807, 2.05) is 12.7 Å². The Morgan fingerprint density at radius 1 is 2.00 bits per heavy atom. The molecule has 24 valence electrons. The van der Waals surface area contributed by atoms with Gasteiger partial charge in [-0.05, 0) is 21.1 Å². The van der Waals surface area contributed by atoms with Gasteiger partial charge in [-0.2, -0.15) is 0 Å². The standard InChI is InChI=1S/C2H6NP/c1-2-4-3/h2H,3H2,1H3. The number of nitrogens with two attached hydrogens (primary N) is 1. The summed E-state index contributed by atoms with van der Waals surface area (Å²) in [6.07, 6.45) is 0. The van der Waals surface area contributed by atoms with Crippen molar-refractivity contribution >= 4 is 14.2 Å². The summed E-state index contributed by atoms with van der Waals surface area (Å²) in [5.41, 5.74) is 4.94. The maximum atomic E-state index is 4.94. The van der Waals surface area contributed by atoms with Gasteiger partial charge in [-0.3, -0.25) is 5.50 Å². The van der Waals surface area contributed by atoms with Crippen molar-refractivity contribution in [2.45, 2.75) is 6.92 Å². The van der Waals surface area contributed by atoms with Gasteiger partial charge >= 0.3 is 0 Å². The third-order valence-corrected chi connectivity index (χ3v) is 0.447. The zero-order chi connectivity index (χ0) is 3.41. The normalized spacial score (nSPS) is 9.50. The molecule has 0 unspecified atom stereocenters. The predicted molar refractivity (Wildman–Crippen MR) is 22.8 cm³/mol. The smallest absolute Gasteiger partial charge is 0.0289 e. The second-order valence-corrected chi connectivity index (χ2v) is 1.22. The SMILES string of the molecule is CC=PN. The van der Waals surface area contributed by atoms with Crippen LogP contribution in [-0.2, 0) is 0 Å². The summed E-state index contributed by atoms with van der Waals surface area (Å²) in [6.45, 7) is 1.92. The molecule has 0 atom stereocenters. The molecule has 0 aliphatic heterocycles. The molecule has 2 heteroatoms. The fourth-order valence-corrected chi connectivity index (χ4v) is 0. The van der Waals surface area contributed by atoms with E-state index in [0.29, 0.717) is 0 Å². The van der Waals surface area contributed by atoms with Gasteiger partial charge < -0.3 is 0 Å². The highest BCUT2D eigenvalue weighted by atomic mass is 31.1. The van der Waals surface area contributed by atoms with E-state index >= 15 is 0 Å². The number of rotatable bonds is 0. The Morgan fingerprint density at radius 2 is 2.25 bits per heavy atom. The molecule has 0 aromatic carbocycles. The summed E-state index contributed by atoms with van der Waals surface area (Å²) < 4.78 is 0. The Hall–Kier alpha value is 0.130. The van der Waals surface area contributed by atoms with E-state index < -0.39 is 0 Å². The molecule has 0 saturated carbocycles. The van der Waals surface area contributed by atoms with Crippen molar-refractivity contribution < 1.29 is 0 Å². The Balaban J connectivity index is 2.55. The van der Waals surface area contributed by atoms with Gasteiger partial charge in [-0.25, -0.2) is 0 Å². The van der Waals surface area contributed by atoms with Gasteiger partial charge in [0.2, 0.25) is 0 Å². The molecular formula is C2H6NP. The minimum atomic E-state index is 0.873. The molecule has 1 nitrogen and oxygen atoms in total. The van der Waals surface area contributed by atoms with Crippen LogP contribution in [0.25, 0.3) is 0 Å². The van der Waals surface area contributed by atoms with Crippen LogP contribution in [0.1, 0.15) is 6.92 Å². The Bertz CT molecular complexity index is 21.2. The summed E-state index contributed by atoms with van der Waals surface area (Å²) >= 11 is 0. The maximum Gasteiger partial charge on any atom is -0.0289 e. The molecule has 0 rings (SSSR count). The lowest BCUT2D eigenvalue weighted by atomic mass is 11.0. The summed E-state index contributed by atoms with van der Waals surface area (Å²) in [5, 5.41) is 0. The summed E-state index contributed by atoms with van der Waals surface area (Å²) in [6, 6.07) is 0. The average molecular weight is 75.1 g/mol. The van der Waals surface area contributed by atoms with E-state index in [4.69, 9.17) is 5.50 Å². The van der Waals surface area contributed by atoms with Crippen molar-refractivity contribution in [1.29, 1.82) is 0 Å². The van der Waals surface area contributed by atoms with Gasteiger partial charge in [0, 0.05) is 0 Å². The molecule has 4 heavy (non-hydrogen) atoms. The molecule has 0 aromatic rings. The van der Waals surface area contributed by atoms with E-state index in [2.05, 4.69) is 0 Å². The lowest BCUT2D eigenvalue weighted by Gasteiger charge is -1.50. The van der Waals surface area contributed by atoms with Gasteiger partial charge in [0.15, 0.2) is 0 Å². The van der Waals surface area contributed by atoms with Crippen molar-refractivity contribution in [3.05, 3.63) is 0 Å². The molecule has 0 aromatic heterocycles. The van der Waals surface area contributed by atoms with Crippen molar-refractivity contribution in [1.82, 2.24) is 0 Å². The fraction of sp³-hybridized carbons (Fsp3) is 0.500. The Morgan fingerprint density at radius 3 is 2.25 bits per heavy atom. The first-order valence-corrected chi connectivity index (χ1v) is 2.13. The number of hydrogen-bond acceptors (Lipinski definition) is 1. The van der Waals surface area contributed by atoms with Gasteiger partial charge in [0.1, 0.15) is 0 Å². The minimum absolute atomic E-state index is 0.873. The molecule has 0 aliphatic carbocycles. The van der Waals surface area contributed by atoms with E-state index in [-0.39, 0.29) is 0 Å². The monoisotopic (exact) mass is 75.0 g/mol. The molecule has 0 aliphatic rings. The summed E-state index contributed by atoms with van der Waals surface area (Å²) in [7, 11) is 0.873. The Labute approximate surface area is 27.7 Å². The highest BCUT2D eigenvalue weighted by Crippen LogP contribution is 1.64. The first kappa shape index (κ1) is 4.13. The molecule has 0 fully saturated rings. The van der Waals surface area contributed by atoms with Gasteiger partial charge in [-0.15, -0.1) is 0 Å². The van der Waals surface area contributed by atoms with Crippen molar-refractivity contribution in [2.75, 3.05) is 0 Å². The second-order valence-electron chi connectivity index (χ2n) is 0.407. The van der Waals surface area contributed by atoms with Crippen LogP contribution in [0.3, 0.4) is 0 Å². The third-order valence-electron chi connectivity index (χ3n) is 0.149. The second kappa shape index (κ2) is 3.13. The highest BCUT2D eigenvalue weighted by Gasteiger charge is 1.34. The van der Waals surface area contributed by atoms with Crippen LogP contribution in [-0.4, -0.2) is 5.80 Å². The van der Waals surface area contributed by atoms with Crippen LogP contribution in [0.4, 0.5) is 0 Å². The molecule has 0 radical (unpaired) electrons. The molecular weight excluding hydrogens is 69.0 g/mol. The van der Waals surface area contributed by atoms with E-state index in [0.717, 1.165) is 8.35 Å². The average Bonchev–Trinajstić information content (AvgIpc) is 1.37. The van der Waals surface area contributed by atoms with Gasteiger partial charge in [0.25, 0.3) is 0 Å².